The van der Waals surface area contributed by atoms with Gasteiger partial charge in [-0.3, -0.25) is 0 Å². The zero-order valence-corrected chi connectivity index (χ0v) is 9.62. The first-order chi connectivity index (χ1) is 7.41. The van der Waals surface area contributed by atoms with Gasteiger partial charge in [0.2, 0.25) is 0 Å². The van der Waals surface area contributed by atoms with Crippen LogP contribution in [0, 0.1) is 18.7 Å². The van der Waals surface area contributed by atoms with E-state index < -0.39 is 5.97 Å². The van der Waals surface area contributed by atoms with Crippen LogP contribution in [-0.2, 0) is 4.79 Å². The smallest absolute Gasteiger partial charge is 0.328 e. The van der Waals surface area contributed by atoms with Crippen LogP contribution in [-0.4, -0.2) is 11.1 Å². The summed E-state index contributed by atoms with van der Waals surface area (Å²) in [5.74, 6) is -1.17. The summed E-state index contributed by atoms with van der Waals surface area (Å²) in [5, 5.41) is 8.77. The van der Waals surface area contributed by atoms with Crippen LogP contribution in [0.15, 0.2) is 24.3 Å². The summed E-state index contributed by atoms with van der Waals surface area (Å²) in [6.45, 7) is 5.48. The highest BCUT2D eigenvalue weighted by Gasteiger charge is 2.10. The Balaban J connectivity index is 3.22. The molecule has 3 heteroatoms. The van der Waals surface area contributed by atoms with E-state index in [-0.39, 0.29) is 11.7 Å². The van der Waals surface area contributed by atoms with E-state index in [4.69, 9.17) is 5.11 Å². The summed E-state index contributed by atoms with van der Waals surface area (Å²) >= 11 is 0. The second kappa shape index (κ2) is 4.92. The van der Waals surface area contributed by atoms with Gasteiger partial charge in [-0.2, -0.15) is 0 Å². The number of hydrogen-bond donors (Lipinski definition) is 1. The highest BCUT2D eigenvalue weighted by Crippen LogP contribution is 2.24. The van der Waals surface area contributed by atoms with E-state index in [1.54, 1.807) is 19.1 Å². The van der Waals surface area contributed by atoms with E-state index in [1.165, 1.54) is 12.1 Å². The molecule has 0 amide bonds. The molecule has 0 spiro atoms. The highest BCUT2D eigenvalue weighted by molar-refractivity contribution is 5.90. The number of aryl methyl sites for hydroxylation is 1. The van der Waals surface area contributed by atoms with Crippen LogP contribution in [0.2, 0.25) is 0 Å². The molecule has 2 nitrogen and oxygen atoms in total. The largest absolute Gasteiger partial charge is 0.478 e. The maximum absolute atomic E-state index is 13.1. The fourth-order valence-electron chi connectivity index (χ4n) is 1.54. The van der Waals surface area contributed by atoms with Crippen molar-refractivity contribution >= 4 is 11.5 Å². The van der Waals surface area contributed by atoms with Gasteiger partial charge in [0.15, 0.2) is 0 Å². The quantitative estimate of drug-likeness (QED) is 0.797. The van der Waals surface area contributed by atoms with Crippen molar-refractivity contribution in [3.63, 3.8) is 0 Å². The average molecular weight is 222 g/mol. The van der Waals surface area contributed by atoms with Crippen LogP contribution in [0.5, 0.6) is 0 Å². The lowest BCUT2D eigenvalue weighted by Gasteiger charge is -2.11. The Morgan fingerprint density at radius 1 is 1.44 bits per heavy atom. The van der Waals surface area contributed by atoms with E-state index >= 15 is 0 Å². The molecule has 0 fully saturated rings. The van der Waals surface area contributed by atoms with Crippen molar-refractivity contribution in [2.75, 3.05) is 0 Å². The van der Waals surface area contributed by atoms with E-state index in [0.717, 1.165) is 5.56 Å². The second-order valence-electron chi connectivity index (χ2n) is 4.06. The van der Waals surface area contributed by atoms with Gasteiger partial charge >= 0.3 is 5.97 Å². The third kappa shape index (κ3) is 2.92. The lowest BCUT2D eigenvalue weighted by Crippen LogP contribution is -1.99. The number of rotatable bonds is 3. The third-order valence-electron chi connectivity index (χ3n) is 2.39. The number of halogens is 1. The van der Waals surface area contributed by atoms with Crippen LogP contribution in [0.4, 0.5) is 4.39 Å². The molecule has 16 heavy (non-hydrogen) atoms. The van der Waals surface area contributed by atoms with Gasteiger partial charge in [0.25, 0.3) is 0 Å². The molecule has 1 N–H and O–H groups in total. The Kier molecular flexibility index (Phi) is 3.82. The van der Waals surface area contributed by atoms with Gasteiger partial charge < -0.3 is 5.11 Å². The molecule has 0 aliphatic rings. The van der Waals surface area contributed by atoms with E-state index in [0.29, 0.717) is 11.1 Å². The molecule has 0 heterocycles. The van der Waals surface area contributed by atoms with Crippen molar-refractivity contribution in [3.05, 3.63) is 41.2 Å². The number of aliphatic carboxylic acids is 1. The molecule has 86 valence electrons. The summed E-state index contributed by atoms with van der Waals surface area (Å²) in [7, 11) is 0. The standard InChI is InChI=1S/C13H15FO2/c1-8(2)11(7-13(15)16)10-4-5-12(14)9(3)6-10/h4-8H,1-3H3,(H,15,16)/b11-7+. The van der Waals surface area contributed by atoms with Gasteiger partial charge in [-0.05, 0) is 41.7 Å². The zero-order valence-electron chi connectivity index (χ0n) is 9.62. The normalized spacial score (nSPS) is 11.9. The minimum Gasteiger partial charge on any atom is -0.478 e. The molecule has 0 aromatic heterocycles. The molecule has 1 aromatic carbocycles. The molecule has 0 bridgehead atoms. The monoisotopic (exact) mass is 222 g/mol. The summed E-state index contributed by atoms with van der Waals surface area (Å²) in [6, 6.07) is 4.64. The molecule has 0 unspecified atom stereocenters. The van der Waals surface area contributed by atoms with Gasteiger partial charge in [-0.15, -0.1) is 0 Å². The number of allylic oxidation sites excluding steroid dienone is 1. The minimum absolute atomic E-state index is 0.0842. The first-order valence-electron chi connectivity index (χ1n) is 5.13. The maximum Gasteiger partial charge on any atom is 0.328 e. The number of carboxylic acids is 1. The van der Waals surface area contributed by atoms with Crippen molar-refractivity contribution in [1.82, 2.24) is 0 Å². The van der Waals surface area contributed by atoms with Crippen molar-refractivity contribution in [3.8, 4) is 0 Å². The van der Waals surface area contributed by atoms with Crippen molar-refractivity contribution in [2.24, 2.45) is 5.92 Å². The highest BCUT2D eigenvalue weighted by atomic mass is 19.1. The van der Waals surface area contributed by atoms with Gasteiger partial charge in [-0.25, -0.2) is 9.18 Å². The number of benzene rings is 1. The molecular formula is C13H15FO2. The fourth-order valence-corrected chi connectivity index (χ4v) is 1.54. The number of hydrogen-bond acceptors (Lipinski definition) is 1. The lowest BCUT2D eigenvalue weighted by atomic mass is 9.94. The molecule has 1 aromatic rings. The van der Waals surface area contributed by atoms with Gasteiger partial charge in [0.1, 0.15) is 5.82 Å². The van der Waals surface area contributed by atoms with E-state index in [2.05, 4.69) is 0 Å². The first-order valence-corrected chi connectivity index (χ1v) is 5.13. The van der Waals surface area contributed by atoms with Gasteiger partial charge in [0, 0.05) is 6.08 Å². The third-order valence-corrected chi connectivity index (χ3v) is 2.39. The lowest BCUT2D eigenvalue weighted by molar-refractivity contribution is -0.131. The summed E-state index contributed by atoms with van der Waals surface area (Å²) in [6.07, 6.45) is 1.18. The molecule has 0 aliphatic carbocycles. The Hall–Kier alpha value is -1.64. The Bertz CT molecular complexity index is 434. The van der Waals surface area contributed by atoms with Gasteiger partial charge in [0.05, 0.1) is 0 Å². The van der Waals surface area contributed by atoms with Crippen LogP contribution < -0.4 is 0 Å². The van der Waals surface area contributed by atoms with Crippen molar-refractivity contribution in [1.29, 1.82) is 0 Å². The minimum atomic E-state index is -0.981. The van der Waals surface area contributed by atoms with Crippen molar-refractivity contribution < 1.29 is 14.3 Å². The van der Waals surface area contributed by atoms with Crippen LogP contribution in [0.25, 0.3) is 5.57 Å². The zero-order chi connectivity index (χ0) is 12.3. The molecule has 0 aliphatic heterocycles. The van der Waals surface area contributed by atoms with E-state index in [1.807, 2.05) is 13.8 Å². The van der Waals surface area contributed by atoms with Crippen LogP contribution in [0.1, 0.15) is 25.0 Å². The Morgan fingerprint density at radius 2 is 2.06 bits per heavy atom. The molecular weight excluding hydrogens is 207 g/mol. The summed E-state index contributed by atoms with van der Waals surface area (Å²) < 4.78 is 13.1. The van der Waals surface area contributed by atoms with Crippen LogP contribution >= 0.6 is 0 Å². The summed E-state index contributed by atoms with van der Waals surface area (Å²) in [5.41, 5.74) is 1.99. The predicted octanol–water partition coefficient (Wildman–Crippen LogP) is 3.26. The molecule has 1 rings (SSSR count). The number of carbonyl (C=O) groups is 1. The summed E-state index contributed by atoms with van der Waals surface area (Å²) in [4.78, 5) is 10.7. The van der Waals surface area contributed by atoms with Crippen molar-refractivity contribution in [2.45, 2.75) is 20.8 Å². The topological polar surface area (TPSA) is 37.3 Å². The Labute approximate surface area is 94.4 Å². The fraction of sp³-hybridized carbons (Fsp3) is 0.308. The number of carboxylic acid groups (broad SMARTS) is 1. The van der Waals surface area contributed by atoms with E-state index in [9.17, 15) is 9.18 Å². The first kappa shape index (κ1) is 12.4. The molecule has 0 atom stereocenters. The molecule has 0 radical (unpaired) electrons. The molecule has 0 saturated heterocycles. The maximum atomic E-state index is 13.1. The Morgan fingerprint density at radius 3 is 2.50 bits per heavy atom. The SMILES string of the molecule is Cc1cc(/C(=C/C(=O)O)C(C)C)ccc1F. The van der Waals surface area contributed by atoms with Crippen LogP contribution in [0.3, 0.4) is 0 Å². The average Bonchev–Trinajstić information content (AvgIpc) is 2.18. The second-order valence-corrected chi connectivity index (χ2v) is 4.06. The molecule has 0 saturated carbocycles. The predicted molar refractivity (Wildman–Crippen MR) is 61.6 cm³/mol. The van der Waals surface area contributed by atoms with Gasteiger partial charge in [-0.1, -0.05) is 19.9 Å².